The molecule has 4 rings (SSSR count). The van der Waals surface area contributed by atoms with E-state index in [1.165, 1.54) is 16.8 Å². The first-order chi connectivity index (χ1) is 14.2. The summed E-state index contributed by atoms with van der Waals surface area (Å²) in [5.74, 6) is 0. The Morgan fingerprint density at radius 2 is 1.67 bits per heavy atom. The predicted octanol–water partition coefficient (Wildman–Crippen LogP) is 5.90. The lowest BCUT2D eigenvalue weighted by molar-refractivity contribution is -0.384. The van der Waals surface area contributed by atoms with Crippen LogP contribution in [0.3, 0.4) is 0 Å². The standard InChI is InChI=1S/C20H13F3N4O2S/c1-12-2-4-14(5-3-12)17-10-18(20(21,22)23)25-26(17)19-24-16(11-30-19)13-6-8-15(9-7-13)27(28)29/h2-11H,1H3. The molecule has 0 amide bonds. The van der Waals surface area contributed by atoms with Crippen molar-refractivity contribution in [1.82, 2.24) is 14.8 Å². The van der Waals surface area contributed by atoms with E-state index in [0.717, 1.165) is 23.0 Å². The molecule has 30 heavy (non-hydrogen) atoms. The Kier molecular flexibility index (Phi) is 4.86. The van der Waals surface area contributed by atoms with Crippen molar-refractivity contribution in [2.45, 2.75) is 13.1 Å². The van der Waals surface area contributed by atoms with Crippen molar-refractivity contribution in [3.8, 4) is 27.6 Å². The maximum atomic E-state index is 13.3. The van der Waals surface area contributed by atoms with Crippen LogP contribution in [0.15, 0.2) is 60.0 Å². The van der Waals surface area contributed by atoms with Crippen LogP contribution < -0.4 is 0 Å². The fourth-order valence-corrected chi connectivity index (χ4v) is 3.64. The summed E-state index contributed by atoms with van der Waals surface area (Å²) < 4.78 is 41.1. The number of alkyl halides is 3. The van der Waals surface area contributed by atoms with Crippen LogP contribution in [0.4, 0.5) is 18.9 Å². The van der Waals surface area contributed by atoms with Gasteiger partial charge in [0.2, 0.25) is 5.13 Å². The van der Waals surface area contributed by atoms with E-state index in [1.54, 1.807) is 29.6 Å². The molecule has 10 heteroatoms. The molecule has 152 valence electrons. The molecule has 0 radical (unpaired) electrons. The molecular weight excluding hydrogens is 417 g/mol. The van der Waals surface area contributed by atoms with Gasteiger partial charge in [-0.25, -0.2) is 9.67 Å². The van der Waals surface area contributed by atoms with Crippen LogP contribution in [0, 0.1) is 17.0 Å². The van der Waals surface area contributed by atoms with E-state index in [1.807, 2.05) is 19.1 Å². The quantitative estimate of drug-likeness (QED) is 0.299. The summed E-state index contributed by atoms with van der Waals surface area (Å²) in [5.41, 5.74) is 1.87. The van der Waals surface area contributed by atoms with E-state index >= 15 is 0 Å². The van der Waals surface area contributed by atoms with Crippen molar-refractivity contribution in [2.24, 2.45) is 0 Å². The van der Waals surface area contributed by atoms with E-state index < -0.39 is 16.8 Å². The summed E-state index contributed by atoms with van der Waals surface area (Å²) >= 11 is 1.13. The third kappa shape index (κ3) is 3.81. The molecule has 0 fully saturated rings. The Morgan fingerprint density at radius 1 is 1.03 bits per heavy atom. The molecule has 2 aromatic carbocycles. The molecule has 0 aliphatic heterocycles. The van der Waals surface area contributed by atoms with Crippen molar-refractivity contribution >= 4 is 17.0 Å². The predicted molar refractivity (Wildman–Crippen MR) is 107 cm³/mol. The maximum Gasteiger partial charge on any atom is 0.435 e. The average molecular weight is 430 g/mol. The zero-order chi connectivity index (χ0) is 21.5. The van der Waals surface area contributed by atoms with Gasteiger partial charge in [-0.2, -0.15) is 18.3 Å². The van der Waals surface area contributed by atoms with Crippen LogP contribution >= 0.6 is 11.3 Å². The first-order valence-electron chi connectivity index (χ1n) is 8.67. The van der Waals surface area contributed by atoms with E-state index in [0.29, 0.717) is 16.8 Å². The lowest BCUT2D eigenvalue weighted by atomic mass is 10.1. The van der Waals surface area contributed by atoms with Gasteiger partial charge in [-0.3, -0.25) is 10.1 Å². The molecule has 0 saturated carbocycles. The number of nitro benzene ring substituents is 1. The van der Waals surface area contributed by atoms with Gasteiger partial charge in [0.1, 0.15) is 0 Å². The minimum Gasteiger partial charge on any atom is -0.258 e. The number of nitro groups is 1. The number of thiazole rings is 1. The molecule has 0 atom stereocenters. The van der Waals surface area contributed by atoms with Gasteiger partial charge in [0.15, 0.2) is 5.69 Å². The maximum absolute atomic E-state index is 13.3. The molecule has 4 aromatic rings. The van der Waals surface area contributed by atoms with Crippen LogP contribution in [0.2, 0.25) is 0 Å². The molecule has 0 spiro atoms. The number of nitrogens with zero attached hydrogens (tertiary/aromatic N) is 4. The smallest absolute Gasteiger partial charge is 0.258 e. The molecule has 0 saturated heterocycles. The van der Waals surface area contributed by atoms with Crippen LogP contribution in [-0.2, 0) is 6.18 Å². The Morgan fingerprint density at radius 3 is 2.27 bits per heavy atom. The zero-order valence-corrected chi connectivity index (χ0v) is 16.2. The Hall–Kier alpha value is -3.53. The minimum atomic E-state index is -4.59. The van der Waals surface area contributed by atoms with Crippen molar-refractivity contribution < 1.29 is 18.1 Å². The van der Waals surface area contributed by atoms with Gasteiger partial charge in [-0.15, -0.1) is 11.3 Å². The minimum absolute atomic E-state index is 0.0576. The Labute approximate surface area is 172 Å². The van der Waals surface area contributed by atoms with Gasteiger partial charge in [0, 0.05) is 28.6 Å². The summed E-state index contributed by atoms with van der Waals surface area (Å²) in [5, 5.41) is 16.5. The van der Waals surface area contributed by atoms with E-state index in [4.69, 9.17) is 0 Å². The zero-order valence-electron chi connectivity index (χ0n) is 15.4. The second-order valence-electron chi connectivity index (χ2n) is 6.51. The number of rotatable bonds is 4. The molecule has 0 bridgehead atoms. The summed E-state index contributed by atoms with van der Waals surface area (Å²) in [7, 11) is 0. The van der Waals surface area contributed by atoms with Gasteiger partial charge < -0.3 is 0 Å². The SMILES string of the molecule is Cc1ccc(-c2cc(C(F)(F)F)nn2-c2nc(-c3ccc([N+](=O)[O-])cc3)cs2)cc1. The van der Waals surface area contributed by atoms with Crippen LogP contribution in [-0.4, -0.2) is 19.7 Å². The summed E-state index contributed by atoms with van der Waals surface area (Å²) in [6.45, 7) is 1.89. The van der Waals surface area contributed by atoms with Gasteiger partial charge in [0.25, 0.3) is 5.69 Å². The molecule has 6 nitrogen and oxygen atoms in total. The van der Waals surface area contributed by atoms with Gasteiger partial charge in [-0.1, -0.05) is 29.8 Å². The number of hydrogen-bond donors (Lipinski definition) is 0. The van der Waals surface area contributed by atoms with Gasteiger partial charge in [0.05, 0.1) is 16.3 Å². The number of hydrogen-bond acceptors (Lipinski definition) is 5. The molecule has 2 aromatic heterocycles. The first kappa shape index (κ1) is 19.8. The largest absolute Gasteiger partial charge is 0.435 e. The monoisotopic (exact) mass is 430 g/mol. The molecule has 2 heterocycles. The molecular formula is C20H13F3N4O2S. The first-order valence-corrected chi connectivity index (χ1v) is 9.55. The fourth-order valence-electron chi connectivity index (χ4n) is 2.84. The molecule has 0 aliphatic rings. The lowest BCUT2D eigenvalue weighted by Gasteiger charge is -2.04. The second-order valence-corrected chi connectivity index (χ2v) is 7.35. The van der Waals surface area contributed by atoms with Crippen LogP contribution in [0.1, 0.15) is 11.3 Å². The third-order valence-corrected chi connectivity index (χ3v) is 5.21. The third-order valence-electron chi connectivity index (χ3n) is 4.39. The van der Waals surface area contributed by atoms with Crippen molar-refractivity contribution in [1.29, 1.82) is 0 Å². The Balaban J connectivity index is 1.77. The highest BCUT2D eigenvalue weighted by molar-refractivity contribution is 7.12. The molecule has 0 unspecified atom stereocenters. The molecule has 0 N–H and O–H groups in total. The summed E-state index contributed by atoms with van der Waals surface area (Å²) in [4.78, 5) is 14.7. The highest BCUT2D eigenvalue weighted by Gasteiger charge is 2.35. The van der Waals surface area contributed by atoms with E-state index in [2.05, 4.69) is 10.1 Å². The Bertz CT molecular complexity index is 1210. The second kappa shape index (κ2) is 7.38. The number of aromatic nitrogens is 3. The van der Waals surface area contributed by atoms with E-state index in [-0.39, 0.29) is 16.5 Å². The van der Waals surface area contributed by atoms with Gasteiger partial charge in [-0.05, 0) is 25.1 Å². The van der Waals surface area contributed by atoms with Gasteiger partial charge >= 0.3 is 6.18 Å². The average Bonchev–Trinajstić information content (AvgIpc) is 3.36. The normalized spacial score (nSPS) is 11.6. The highest BCUT2D eigenvalue weighted by atomic mass is 32.1. The molecule has 0 aliphatic carbocycles. The van der Waals surface area contributed by atoms with Crippen LogP contribution in [0.25, 0.3) is 27.6 Å². The van der Waals surface area contributed by atoms with Crippen molar-refractivity contribution in [2.75, 3.05) is 0 Å². The van der Waals surface area contributed by atoms with E-state index in [9.17, 15) is 23.3 Å². The number of benzene rings is 2. The summed E-state index contributed by atoms with van der Waals surface area (Å²) in [6.07, 6.45) is -4.59. The number of halogens is 3. The topological polar surface area (TPSA) is 73.8 Å². The lowest BCUT2D eigenvalue weighted by Crippen LogP contribution is -2.07. The number of non-ortho nitro benzene ring substituents is 1. The van der Waals surface area contributed by atoms with Crippen molar-refractivity contribution in [3.05, 3.63) is 81.3 Å². The highest BCUT2D eigenvalue weighted by Crippen LogP contribution is 2.34. The van der Waals surface area contributed by atoms with Crippen molar-refractivity contribution in [3.63, 3.8) is 0 Å². The van der Waals surface area contributed by atoms with Crippen LogP contribution in [0.5, 0.6) is 0 Å². The summed E-state index contributed by atoms with van der Waals surface area (Å²) in [6, 6.07) is 13.9. The fraction of sp³-hybridized carbons (Fsp3) is 0.100. The number of aryl methyl sites for hydroxylation is 1.